The number of ether oxygens (including phenoxy) is 1. The Balaban J connectivity index is 2.22. The van der Waals surface area contributed by atoms with Gasteiger partial charge in [0, 0.05) is 5.71 Å². The molecule has 0 aliphatic rings. The van der Waals surface area contributed by atoms with Crippen LogP contribution in [0.1, 0.15) is 44.2 Å². The van der Waals surface area contributed by atoms with Crippen LogP contribution in [0.4, 0.5) is 0 Å². The summed E-state index contributed by atoms with van der Waals surface area (Å²) in [7, 11) is 0. The number of esters is 1. The van der Waals surface area contributed by atoms with Crippen LogP contribution in [0.5, 0.6) is 0 Å². The zero-order valence-corrected chi connectivity index (χ0v) is 16.0. The minimum atomic E-state index is -0.480. The largest absolute Gasteiger partial charge is 0.465 e. The Labute approximate surface area is 160 Å². The average Bonchev–Trinajstić information content (AvgIpc) is 2.69. The summed E-state index contributed by atoms with van der Waals surface area (Å²) in [5.41, 5.74) is 4.93. The van der Waals surface area contributed by atoms with Gasteiger partial charge in [0.25, 0.3) is 5.91 Å². The first kappa shape index (κ1) is 20.4. The predicted octanol–water partition coefficient (Wildman–Crippen LogP) is 3.90. The van der Waals surface area contributed by atoms with Crippen LogP contribution in [0.2, 0.25) is 0 Å². The maximum absolute atomic E-state index is 12.9. The molecule has 0 bridgehead atoms. The first-order valence-corrected chi connectivity index (χ1v) is 9.19. The summed E-state index contributed by atoms with van der Waals surface area (Å²) in [6, 6.07) is 19.1. The molecule has 1 atom stereocenters. The van der Waals surface area contributed by atoms with Crippen molar-refractivity contribution in [1.82, 2.24) is 5.43 Å². The first-order chi connectivity index (χ1) is 13.1. The quantitative estimate of drug-likeness (QED) is 0.438. The van der Waals surface area contributed by atoms with Crippen molar-refractivity contribution in [2.45, 2.75) is 33.1 Å². The molecule has 2 aromatic carbocycles. The van der Waals surface area contributed by atoms with Gasteiger partial charge in [0.05, 0.1) is 18.4 Å². The van der Waals surface area contributed by atoms with E-state index in [4.69, 9.17) is 4.74 Å². The molecule has 0 saturated heterocycles. The van der Waals surface area contributed by atoms with E-state index in [9.17, 15) is 9.59 Å². The molecule has 27 heavy (non-hydrogen) atoms. The standard InChI is InChI=1S/C22H26N2O3/c1-4-19(22(26)27-5-2)16(3)23-24-21(25)20(17-12-8-6-9-13-17)18-14-10-7-11-15-18/h6-15,19-20H,4-5H2,1-3H3,(H,24,25)/b23-16+. The lowest BCUT2D eigenvalue weighted by Crippen LogP contribution is -2.30. The van der Waals surface area contributed by atoms with Gasteiger partial charge < -0.3 is 4.74 Å². The number of hydrazone groups is 1. The molecule has 0 fully saturated rings. The number of hydrogen-bond donors (Lipinski definition) is 1. The number of amides is 1. The molecule has 0 aromatic heterocycles. The Hall–Kier alpha value is -2.95. The fourth-order valence-corrected chi connectivity index (χ4v) is 2.95. The molecule has 1 N–H and O–H groups in total. The van der Waals surface area contributed by atoms with Crippen LogP contribution in [0, 0.1) is 5.92 Å². The van der Waals surface area contributed by atoms with Gasteiger partial charge in [0.1, 0.15) is 0 Å². The number of benzene rings is 2. The molecule has 5 heteroatoms. The Morgan fingerprint density at radius 2 is 1.48 bits per heavy atom. The summed E-state index contributed by atoms with van der Waals surface area (Å²) >= 11 is 0. The van der Waals surface area contributed by atoms with Gasteiger partial charge in [0.2, 0.25) is 0 Å². The van der Waals surface area contributed by atoms with Gasteiger partial charge in [-0.3, -0.25) is 9.59 Å². The Kier molecular flexibility index (Phi) is 7.74. The molecule has 0 spiro atoms. The van der Waals surface area contributed by atoms with E-state index >= 15 is 0 Å². The van der Waals surface area contributed by atoms with Crippen molar-refractivity contribution in [1.29, 1.82) is 0 Å². The van der Waals surface area contributed by atoms with Gasteiger partial charge in [-0.05, 0) is 31.4 Å². The van der Waals surface area contributed by atoms with E-state index in [1.165, 1.54) is 0 Å². The molecule has 0 radical (unpaired) electrons. The number of carbonyl (C=O) groups excluding carboxylic acids is 2. The molecule has 5 nitrogen and oxygen atoms in total. The highest BCUT2D eigenvalue weighted by Crippen LogP contribution is 2.24. The molecular formula is C22H26N2O3. The van der Waals surface area contributed by atoms with Gasteiger partial charge >= 0.3 is 5.97 Å². The third kappa shape index (κ3) is 5.51. The van der Waals surface area contributed by atoms with E-state index < -0.39 is 11.8 Å². The van der Waals surface area contributed by atoms with Gasteiger partial charge in [-0.1, -0.05) is 67.6 Å². The number of hydrogen-bond acceptors (Lipinski definition) is 4. The van der Waals surface area contributed by atoms with Crippen LogP contribution < -0.4 is 5.43 Å². The van der Waals surface area contributed by atoms with E-state index in [0.29, 0.717) is 18.7 Å². The lowest BCUT2D eigenvalue weighted by molar-refractivity contribution is -0.145. The third-order valence-corrected chi connectivity index (χ3v) is 4.35. The lowest BCUT2D eigenvalue weighted by atomic mass is 9.91. The fourth-order valence-electron chi connectivity index (χ4n) is 2.95. The fraction of sp³-hybridized carbons (Fsp3) is 0.318. The molecule has 2 rings (SSSR count). The van der Waals surface area contributed by atoms with Gasteiger partial charge in [0.15, 0.2) is 0 Å². The summed E-state index contributed by atoms with van der Waals surface area (Å²) in [5.74, 6) is -1.51. The van der Waals surface area contributed by atoms with E-state index in [1.807, 2.05) is 67.6 Å². The summed E-state index contributed by atoms with van der Waals surface area (Å²) in [4.78, 5) is 24.9. The zero-order valence-electron chi connectivity index (χ0n) is 16.0. The van der Waals surface area contributed by atoms with Crippen molar-refractivity contribution in [3.63, 3.8) is 0 Å². The third-order valence-electron chi connectivity index (χ3n) is 4.35. The molecular weight excluding hydrogens is 340 g/mol. The van der Waals surface area contributed by atoms with Crippen LogP contribution in [-0.2, 0) is 14.3 Å². The molecule has 1 unspecified atom stereocenters. The molecule has 0 saturated carbocycles. The minimum Gasteiger partial charge on any atom is -0.465 e. The Bertz CT molecular complexity index is 733. The van der Waals surface area contributed by atoms with E-state index in [2.05, 4.69) is 10.5 Å². The van der Waals surface area contributed by atoms with Gasteiger partial charge in [-0.2, -0.15) is 5.10 Å². The van der Waals surface area contributed by atoms with Crippen LogP contribution in [0.25, 0.3) is 0 Å². The predicted molar refractivity (Wildman–Crippen MR) is 106 cm³/mol. The first-order valence-electron chi connectivity index (χ1n) is 9.19. The summed E-state index contributed by atoms with van der Waals surface area (Å²) < 4.78 is 5.08. The maximum Gasteiger partial charge on any atom is 0.314 e. The SMILES string of the molecule is CCOC(=O)C(CC)/C(C)=N/NC(=O)C(c1ccccc1)c1ccccc1. The highest BCUT2D eigenvalue weighted by molar-refractivity contribution is 6.01. The Morgan fingerprint density at radius 1 is 0.963 bits per heavy atom. The number of carbonyl (C=O) groups is 2. The van der Waals surface area contributed by atoms with Crippen molar-refractivity contribution in [2.24, 2.45) is 11.0 Å². The molecule has 2 aromatic rings. The molecule has 1 amide bonds. The lowest BCUT2D eigenvalue weighted by Gasteiger charge is -2.17. The maximum atomic E-state index is 12.9. The van der Waals surface area contributed by atoms with Crippen molar-refractivity contribution in [3.05, 3.63) is 71.8 Å². The normalized spacial score (nSPS) is 12.5. The van der Waals surface area contributed by atoms with Gasteiger partial charge in [-0.25, -0.2) is 5.43 Å². The zero-order chi connectivity index (χ0) is 19.6. The molecule has 0 aliphatic heterocycles. The smallest absolute Gasteiger partial charge is 0.314 e. The van der Waals surface area contributed by atoms with Crippen LogP contribution in [0.3, 0.4) is 0 Å². The second-order valence-corrected chi connectivity index (χ2v) is 6.20. The van der Waals surface area contributed by atoms with Crippen molar-refractivity contribution >= 4 is 17.6 Å². The highest BCUT2D eigenvalue weighted by Gasteiger charge is 2.24. The number of rotatable bonds is 8. The summed E-state index contributed by atoms with van der Waals surface area (Å²) in [5, 5.41) is 4.19. The minimum absolute atomic E-state index is 0.245. The van der Waals surface area contributed by atoms with E-state index in [1.54, 1.807) is 13.8 Å². The second kappa shape index (κ2) is 10.3. The van der Waals surface area contributed by atoms with Crippen LogP contribution >= 0.6 is 0 Å². The number of nitrogens with zero attached hydrogens (tertiary/aromatic N) is 1. The molecule has 0 aliphatic carbocycles. The monoisotopic (exact) mass is 366 g/mol. The topological polar surface area (TPSA) is 67.8 Å². The average molecular weight is 366 g/mol. The van der Waals surface area contributed by atoms with Crippen molar-refractivity contribution in [2.75, 3.05) is 6.61 Å². The molecule has 142 valence electrons. The molecule has 0 heterocycles. The van der Waals surface area contributed by atoms with Crippen LogP contribution in [-0.4, -0.2) is 24.2 Å². The van der Waals surface area contributed by atoms with E-state index in [0.717, 1.165) is 11.1 Å². The van der Waals surface area contributed by atoms with Crippen molar-refractivity contribution < 1.29 is 14.3 Å². The van der Waals surface area contributed by atoms with E-state index in [-0.39, 0.29) is 11.9 Å². The summed E-state index contributed by atoms with van der Waals surface area (Å²) in [6.07, 6.45) is 0.560. The Morgan fingerprint density at radius 3 is 1.93 bits per heavy atom. The summed E-state index contributed by atoms with van der Waals surface area (Å²) in [6.45, 7) is 5.70. The highest BCUT2D eigenvalue weighted by atomic mass is 16.5. The van der Waals surface area contributed by atoms with Crippen molar-refractivity contribution in [3.8, 4) is 0 Å². The number of nitrogens with one attached hydrogen (secondary N) is 1. The van der Waals surface area contributed by atoms with Crippen LogP contribution in [0.15, 0.2) is 65.8 Å². The van der Waals surface area contributed by atoms with Gasteiger partial charge in [-0.15, -0.1) is 0 Å². The second-order valence-electron chi connectivity index (χ2n) is 6.20.